The first-order valence-electron chi connectivity index (χ1n) is 11.5. The Kier molecular flexibility index (Phi) is 5.08. The van der Waals surface area contributed by atoms with Crippen molar-refractivity contribution in [1.82, 2.24) is 9.97 Å². The summed E-state index contributed by atoms with van der Waals surface area (Å²) in [5.41, 5.74) is 5.64. The summed E-state index contributed by atoms with van der Waals surface area (Å²) in [6.45, 7) is 0. The van der Waals surface area contributed by atoms with Crippen LogP contribution in [-0.2, 0) is 12.8 Å². The van der Waals surface area contributed by atoms with Gasteiger partial charge in [0.25, 0.3) is 0 Å². The maximum absolute atomic E-state index is 12.7. The number of carbonyl (C=O) groups is 2. The number of carboxylic acids is 2. The van der Waals surface area contributed by atoms with Crippen LogP contribution in [0.4, 0.5) is 0 Å². The van der Waals surface area contributed by atoms with Crippen LogP contribution in [0, 0.1) is 0 Å². The summed E-state index contributed by atoms with van der Waals surface area (Å²) in [5, 5.41) is 22.1. The van der Waals surface area contributed by atoms with Crippen LogP contribution in [0.25, 0.3) is 33.0 Å². The van der Waals surface area contributed by atoms with E-state index in [9.17, 15) is 19.8 Å². The number of fused-ring (bicyclic) bond motifs is 3. The fourth-order valence-corrected chi connectivity index (χ4v) is 5.27. The maximum atomic E-state index is 12.7. The molecule has 0 saturated carbocycles. The third-order valence-electron chi connectivity index (χ3n) is 6.71. The number of carboxylic acid groups (broad SMARTS) is 2. The summed E-state index contributed by atoms with van der Waals surface area (Å²) in [4.78, 5) is 34.0. The lowest BCUT2D eigenvalue weighted by Gasteiger charge is -2.17. The van der Waals surface area contributed by atoms with Crippen molar-refractivity contribution in [2.24, 2.45) is 0 Å². The van der Waals surface area contributed by atoms with Crippen molar-refractivity contribution in [3.63, 3.8) is 0 Å². The lowest BCUT2D eigenvalue weighted by atomic mass is 9.86. The second kappa shape index (κ2) is 8.43. The molecule has 0 fully saturated rings. The minimum Gasteiger partial charge on any atom is -0.478 e. The normalized spacial score (nSPS) is 11.4. The Morgan fingerprint density at radius 2 is 1.36 bits per heavy atom. The molecular weight excluding hydrogens is 452 g/mol. The van der Waals surface area contributed by atoms with E-state index >= 15 is 0 Å². The second-order valence-corrected chi connectivity index (χ2v) is 8.82. The van der Waals surface area contributed by atoms with E-state index in [0.717, 1.165) is 38.7 Å². The molecule has 0 aliphatic heterocycles. The summed E-state index contributed by atoms with van der Waals surface area (Å²) < 4.78 is 0. The van der Waals surface area contributed by atoms with Crippen molar-refractivity contribution < 1.29 is 19.8 Å². The highest BCUT2D eigenvalue weighted by atomic mass is 16.4. The van der Waals surface area contributed by atoms with Gasteiger partial charge in [-0.05, 0) is 62.9 Å². The smallest absolute Gasteiger partial charge is 0.337 e. The first kappa shape index (κ1) is 21.7. The van der Waals surface area contributed by atoms with Crippen molar-refractivity contribution in [3.8, 4) is 22.3 Å². The van der Waals surface area contributed by atoms with E-state index in [0.29, 0.717) is 23.2 Å². The van der Waals surface area contributed by atoms with Crippen molar-refractivity contribution in [2.45, 2.75) is 12.8 Å². The number of aromatic nitrogens is 2. The molecule has 2 N–H and O–H groups in total. The lowest BCUT2D eigenvalue weighted by Crippen LogP contribution is -2.14. The molecule has 2 heterocycles. The van der Waals surface area contributed by atoms with E-state index in [2.05, 4.69) is 9.97 Å². The summed E-state index contributed by atoms with van der Waals surface area (Å²) in [5.74, 6) is -2.52. The van der Waals surface area contributed by atoms with E-state index in [1.165, 1.54) is 0 Å². The first-order valence-corrected chi connectivity index (χ1v) is 11.5. The Bertz CT molecular complexity index is 1680. The van der Waals surface area contributed by atoms with Crippen LogP contribution < -0.4 is 0 Å². The zero-order chi connectivity index (χ0) is 24.8. The molecule has 1 aliphatic rings. The molecule has 0 radical (unpaired) electrons. The third kappa shape index (κ3) is 3.43. The molecule has 6 rings (SSSR count). The molecule has 6 heteroatoms. The van der Waals surface area contributed by atoms with Gasteiger partial charge in [-0.1, -0.05) is 48.5 Å². The van der Waals surface area contributed by atoms with Gasteiger partial charge in [-0.25, -0.2) is 9.59 Å². The Balaban J connectivity index is 1.64. The van der Waals surface area contributed by atoms with Gasteiger partial charge >= 0.3 is 11.9 Å². The molecule has 0 saturated heterocycles. The van der Waals surface area contributed by atoms with Gasteiger partial charge in [-0.3, -0.25) is 9.97 Å². The van der Waals surface area contributed by atoms with Crippen LogP contribution in [0.3, 0.4) is 0 Å². The topological polar surface area (TPSA) is 100 Å². The minimum absolute atomic E-state index is 0.179. The standard InChI is InChI=1S/C30H20N2O4/c33-29(34)27-24(16-19-7-2-4-13-32-19)22-9-5-8-21-20-11-10-17(14-18-6-1-3-12-31-18)15-23(20)26(25(21)22)28(27)30(35)36/h1-13,15H,14,16H2,(H,33,34)(H,35,36). The average Bonchev–Trinajstić information content (AvgIpc) is 3.21. The molecule has 0 atom stereocenters. The molecule has 6 nitrogen and oxygen atoms in total. The summed E-state index contributed by atoms with van der Waals surface area (Å²) in [7, 11) is 0. The molecule has 5 aromatic rings. The number of nitrogens with zero attached hydrogens (tertiary/aromatic N) is 2. The van der Waals surface area contributed by atoms with Crippen LogP contribution in [0.5, 0.6) is 0 Å². The quantitative estimate of drug-likeness (QED) is 0.315. The van der Waals surface area contributed by atoms with Gasteiger partial charge in [-0.15, -0.1) is 0 Å². The van der Waals surface area contributed by atoms with Crippen molar-refractivity contribution >= 4 is 22.7 Å². The van der Waals surface area contributed by atoms with Crippen molar-refractivity contribution in [2.75, 3.05) is 0 Å². The molecular formula is C30H20N2O4. The predicted octanol–water partition coefficient (Wildman–Crippen LogP) is 5.86. The fraction of sp³-hybridized carbons (Fsp3) is 0.0667. The van der Waals surface area contributed by atoms with Crippen LogP contribution >= 0.6 is 0 Å². The van der Waals surface area contributed by atoms with Crippen molar-refractivity contribution in [1.29, 1.82) is 0 Å². The van der Waals surface area contributed by atoms with E-state index in [-0.39, 0.29) is 17.5 Å². The van der Waals surface area contributed by atoms with Crippen LogP contribution in [0.2, 0.25) is 0 Å². The zero-order valence-corrected chi connectivity index (χ0v) is 19.1. The Morgan fingerprint density at radius 1 is 0.667 bits per heavy atom. The van der Waals surface area contributed by atoms with Gasteiger partial charge in [0, 0.05) is 42.2 Å². The molecule has 3 aromatic carbocycles. The number of hydrogen-bond acceptors (Lipinski definition) is 4. The van der Waals surface area contributed by atoms with Crippen molar-refractivity contribution in [3.05, 3.63) is 119 Å². The maximum Gasteiger partial charge on any atom is 0.337 e. The van der Waals surface area contributed by atoms with E-state index < -0.39 is 11.9 Å². The lowest BCUT2D eigenvalue weighted by molar-refractivity contribution is 0.0651. The van der Waals surface area contributed by atoms with E-state index in [1.54, 1.807) is 18.5 Å². The Labute approximate surface area is 206 Å². The van der Waals surface area contributed by atoms with Gasteiger partial charge in [0.15, 0.2) is 0 Å². The SMILES string of the molecule is O=C(O)c1c(C(=O)O)c2c3c(cccc3c1Cc1ccccn1)-c1ccc(Cc3ccccn3)cc1-2. The van der Waals surface area contributed by atoms with Gasteiger partial charge in [0.2, 0.25) is 0 Å². The number of hydrogen-bond donors (Lipinski definition) is 2. The van der Waals surface area contributed by atoms with E-state index in [1.807, 2.05) is 66.7 Å². The summed E-state index contributed by atoms with van der Waals surface area (Å²) in [6.07, 6.45) is 4.18. The molecule has 0 unspecified atom stereocenters. The first-order chi connectivity index (χ1) is 17.5. The minimum atomic E-state index is -1.26. The average molecular weight is 473 g/mol. The molecule has 36 heavy (non-hydrogen) atoms. The second-order valence-electron chi connectivity index (χ2n) is 8.82. The highest BCUT2D eigenvalue weighted by molar-refractivity contribution is 6.24. The summed E-state index contributed by atoms with van der Waals surface area (Å²) in [6, 6.07) is 22.9. The predicted molar refractivity (Wildman–Crippen MR) is 136 cm³/mol. The number of rotatable bonds is 6. The number of benzene rings is 3. The van der Waals surface area contributed by atoms with Gasteiger partial charge in [0.1, 0.15) is 0 Å². The van der Waals surface area contributed by atoms with Crippen LogP contribution in [-0.4, -0.2) is 32.1 Å². The molecule has 0 amide bonds. The molecule has 0 spiro atoms. The van der Waals surface area contributed by atoms with Gasteiger partial charge < -0.3 is 10.2 Å². The molecule has 2 aromatic heterocycles. The third-order valence-corrected chi connectivity index (χ3v) is 6.71. The zero-order valence-electron chi connectivity index (χ0n) is 19.1. The molecule has 174 valence electrons. The summed E-state index contributed by atoms with van der Waals surface area (Å²) >= 11 is 0. The monoisotopic (exact) mass is 472 g/mol. The van der Waals surface area contributed by atoms with Gasteiger partial charge in [-0.2, -0.15) is 0 Å². The largest absolute Gasteiger partial charge is 0.478 e. The Hall–Kier alpha value is -4.84. The highest BCUT2D eigenvalue weighted by Crippen LogP contribution is 2.51. The fourth-order valence-electron chi connectivity index (χ4n) is 5.27. The van der Waals surface area contributed by atoms with Crippen LogP contribution in [0.1, 0.15) is 43.2 Å². The van der Waals surface area contributed by atoms with E-state index in [4.69, 9.17) is 0 Å². The number of pyridine rings is 2. The highest BCUT2D eigenvalue weighted by Gasteiger charge is 2.34. The Morgan fingerprint density at radius 3 is 2.00 bits per heavy atom. The van der Waals surface area contributed by atoms with Crippen LogP contribution in [0.15, 0.2) is 85.2 Å². The van der Waals surface area contributed by atoms with Gasteiger partial charge in [0.05, 0.1) is 11.1 Å². The molecule has 0 bridgehead atoms. The molecule has 1 aliphatic carbocycles. The number of aromatic carboxylic acids is 2.